The Hall–Kier alpha value is -1.52. The van der Waals surface area contributed by atoms with Crippen LogP contribution < -0.4 is 5.32 Å². The lowest BCUT2D eigenvalue weighted by molar-refractivity contribution is -0.137. The van der Waals surface area contributed by atoms with Gasteiger partial charge in [-0.2, -0.15) is 13.2 Å². The van der Waals surface area contributed by atoms with Crippen LogP contribution in [0.2, 0.25) is 0 Å². The fourth-order valence-electron chi connectivity index (χ4n) is 1.25. The molecular formula is C12H14F3NO. The first-order valence-corrected chi connectivity index (χ1v) is 5.24. The number of amides is 1. The van der Waals surface area contributed by atoms with Gasteiger partial charge in [0.15, 0.2) is 0 Å². The third-order valence-corrected chi connectivity index (χ3v) is 2.25. The number of alkyl halides is 3. The maximum Gasteiger partial charge on any atom is 0.416 e. The first-order chi connectivity index (χ1) is 7.80. The van der Waals surface area contributed by atoms with Crippen LogP contribution >= 0.6 is 0 Å². The van der Waals surface area contributed by atoms with Gasteiger partial charge in [0.05, 0.1) is 5.56 Å². The van der Waals surface area contributed by atoms with Crippen LogP contribution in [0.15, 0.2) is 24.3 Å². The summed E-state index contributed by atoms with van der Waals surface area (Å²) in [5.41, 5.74) is -0.261. The molecule has 0 atom stereocenters. The summed E-state index contributed by atoms with van der Waals surface area (Å²) in [6.45, 7) is 3.56. The lowest BCUT2D eigenvalue weighted by Gasteiger charge is -2.10. The maximum absolute atomic E-state index is 12.4. The van der Waals surface area contributed by atoms with Crippen molar-refractivity contribution >= 4 is 5.91 Å². The van der Waals surface area contributed by atoms with Gasteiger partial charge in [0.2, 0.25) is 5.91 Å². The van der Waals surface area contributed by atoms with Gasteiger partial charge < -0.3 is 5.32 Å². The zero-order valence-electron chi connectivity index (χ0n) is 9.64. The first-order valence-electron chi connectivity index (χ1n) is 5.24. The van der Waals surface area contributed by atoms with E-state index in [0.29, 0.717) is 5.56 Å². The highest BCUT2D eigenvalue weighted by atomic mass is 19.4. The smallest absolute Gasteiger partial charge is 0.352 e. The summed E-state index contributed by atoms with van der Waals surface area (Å²) in [6, 6.07) is 4.93. The highest BCUT2D eigenvalue weighted by Gasteiger charge is 2.30. The lowest BCUT2D eigenvalue weighted by Crippen LogP contribution is -2.27. The van der Waals surface area contributed by atoms with E-state index in [1.165, 1.54) is 6.07 Å². The molecule has 5 heteroatoms. The Morgan fingerprint density at radius 3 is 2.53 bits per heavy atom. The van der Waals surface area contributed by atoms with E-state index in [4.69, 9.17) is 0 Å². The highest BCUT2D eigenvalue weighted by Crippen LogP contribution is 2.29. The molecule has 0 fully saturated rings. The second kappa shape index (κ2) is 5.21. The van der Waals surface area contributed by atoms with Crippen LogP contribution in [0.5, 0.6) is 0 Å². The number of carbonyl (C=O) groups excluding carboxylic acids is 1. The molecule has 0 unspecified atom stereocenters. The molecule has 0 saturated heterocycles. The molecule has 0 bridgehead atoms. The van der Waals surface area contributed by atoms with E-state index in [1.54, 1.807) is 19.9 Å². The number of benzene rings is 1. The van der Waals surface area contributed by atoms with Gasteiger partial charge in [-0.25, -0.2) is 0 Å². The third-order valence-electron chi connectivity index (χ3n) is 2.25. The van der Waals surface area contributed by atoms with E-state index in [-0.39, 0.29) is 18.4 Å². The van der Waals surface area contributed by atoms with Crippen LogP contribution in [0.1, 0.15) is 25.0 Å². The number of hydrogen-bond acceptors (Lipinski definition) is 1. The Morgan fingerprint density at radius 2 is 2.00 bits per heavy atom. The molecule has 0 aliphatic carbocycles. The Bertz CT molecular complexity index is 399. The third kappa shape index (κ3) is 4.09. The van der Waals surface area contributed by atoms with Gasteiger partial charge in [-0.3, -0.25) is 4.79 Å². The molecule has 1 rings (SSSR count). The number of halogens is 3. The van der Waals surface area contributed by atoms with Gasteiger partial charge in [-0.15, -0.1) is 0 Å². The van der Waals surface area contributed by atoms with Crippen LogP contribution in [0, 0.1) is 5.92 Å². The van der Waals surface area contributed by atoms with Crippen LogP contribution in [0.4, 0.5) is 13.2 Å². The molecule has 1 amide bonds. The quantitative estimate of drug-likeness (QED) is 0.871. The van der Waals surface area contributed by atoms with Crippen molar-refractivity contribution in [1.82, 2.24) is 5.32 Å². The standard InChI is InChI=1S/C12H14F3NO/c1-8(2)11(17)16-7-9-4-3-5-10(6-9)12(13,14)15/h3-6,8H,7H2,1-2H3,(H,16,17). The van der Waals surface area contributed by atoms with Gasteiger partial charge in [0.25, 0.3) is 0 Å². The summed E-state index contributed by atoms with van der Waals surface area (Å²) in [5.74, 6) is -0.358. The minimum atomic E-state index is -4.35. The normalized spacial score (nSPS) is 11.6. The zero-order valence-corrected chi connectivity index (χ0v) is 9.64. The van der Waals surface area contributed by atoms with Crippen molar-refractivity contribution in [3.05, 3.63) is 35.4 Å². The molecule has 17 heavy (non-hydrogen) atoms. The van der Waals surface area contributed by atoms with Crippen molar-refractivity contribution in [2.45, 2.75) is 26.6 Å². The Labute approximate surface area is 97.8 Å². The fraction of sp³-hybridized carbons (Fsp3) is 0.417. The largest absolute Gasteiger partial charge is 0.416 e. The summed E-state index contributed by atoms with van der Waals surface area (Å²) < 4.78 is 37.2. The van der Waals surface area contributed by atoms with Crippen molar-refractivity contribution in [3.63, 3.8) is 0 Å². The highest BCUT2D eigenvalue weighted by molar-refractivity contribution is 5.77. The molecule has 1 N–H and O–H groups in total. The van der Waals surface area contributed by atoms with Gasteiger partial charge >= 0.3 is 6.18 Å². The van der Waals surface area contributed by atoms with E-state index in [2.05, 4.69) is 5.32 Å². The molecule has 0 spiro atoms. The Morgan fingerprint density at radius 1 is 1.35 bits per heavy atom. The SMILES string of the molecule is CC(C)C(=O)NCc1cccc(C(F)(F)F)c1. The second-order valence-corrected chi connectivity index (χ2v) is 4.07. The van der Waals surface area contributed by atoms with E-state index in [9.17, 15) is 18.0 Å². The van der Waals surface area contributed by atoms with Gasteiger partial charge in [-0.05, 0) is 17.7 Å². The average molecular weight is 245 g/mol. The summed E-state index contributed by atoms with van der Waals surface area (Å²) in [7, 11) is 0. The Balaban J connectivity index is 2.70. The van der Waals surface area contributed by atoms with Crippen LogP contribution in [0.3, 0.4) is 0 Å². The number of carbonyl (C=O) groups is 1. The van der Waals surface area contributed by atoms with Gasteiger partial charge in [0.1, 0.15) is 0 Å². The summed E-state index contributed by atoms with van der Waals surface area (Å²) in [4.78, 5) is 11.3. The molecule has 0 saturated carbocycles. The molecule has 0 aromatic heterocycles. The molecule has 0 aliphatic heterocycles. The monoisotopic (exact) mass is 245 g/mol. The molecular weight excluding hydrogens is 231 g/mol. The topological polar surface area (TPSA) is 29.1 Å². The Kier molecular flexibility index (Phi) is 4.15. The van der Waals surface area contributed by atoms with Crippen molar-refractivity contribution in [1.29, 1.82) is 0 Å². The van der Waals surface area contributed by atoms with Crippen molar-refractivity contribution < 1.29 is 18.0 Å². The average Bonchev–Trinajstić information content (AvgIpc) is 2.25. The molecule has 0 heterocycles. The van der Waals surface area contributed by atoms with Crippen molar-refractivity contribution in [3.8, 4) is 0 Å². The number of rotatable bonds is 3. The van der Waals surface area contributed by atoms with E-state index in [1.807, 2.05) is 0 Å². The lowest BCUT2D eigenvalue weighted by atomic mass is 10.1. The summed E-state index contributed by atoms with van der Waals surface area (Å²) >= 11 is 0. The molecule has 2 nitrogen and oxygen atoms in total. The fourth-order valence-corrected chi connectivity index (χ4v) is 1.25. The molecule has 1 aromatic rings. The predicted octanol–water partition coefficient (Wildman–Crippen LogP) is 2.98. The van der Waals surface area contributed by atoms with E-state index < -0.39 is 11.7 Å². The molecule has 0 radical (unpaired) electrons. The van der Waals surface area contributed by atoms with Crippen LogP contribution in [0.25, 0.3) is 0 Å². The molecule has 1 aromatic carbocycles. The van der Waals surface area contributed by atoms with Crippen LogP contribution in [-0.2, 0) is 17.5 Å². The van der Waals surface area contributed by atoms with Crippen molar-refractivity contribution in [2.24, 2.45) is 5.92 Å². The first kappa shape index (κ1) is 13.5. The number of hydrogen-bond donors (Lipinski definition) is 1. The van der Waals surface area contributed by atoms with Gasteiger partial charge in [0, 0.05) is 12.5 Å². The van der Waals surface area contributed by atoms with Crippen molar-refractivity contribution in [2.75, 3.05) is 0 Å². The zero-order chi connectivity index (χ0) is 13.1. The minimum absolute atomic E-state index is 0.112. The minimum Gasteiger partial charge on any atom is -0.352 e. The molecule has 0 aliphatic rings. The summed E-state index contributed by atoms with van der Waals surface area (Å²) in [6.07, 6.45) is -4.35. The van der Waals surface area contributed by atoms with Gasteiger partial charge in [-0.1, -0.05) is 26.0 Å². The predicted molar refractivity (Wildman–Crippen MR) is 58.1 cm³/mol. The second-order valence-electron chi connectivity index (χ2n) is 4.07. The number of nitrogens with one attached hydrogen (secondary N) is 1. The van der Waals surface area contributed by atoms with Crippen LogP contribution in [-0.4, -0.2) is 5.91 Å². The summed E-state index contributed by atoms with van der Waals surface area (Å²) in [5, 5.41) is 2.57. The van der Waals surface area contributed by atoms with E-state index >= 15 is 0 Å². The van der Waals surface area contributed by atoms with E-state index in [0.717, 1.165) is 12.1 Å². The maximum atomic E-state index is 12.4. The molecule has 94 valence electrons.